The highest BCUT2D eigenvalue weighted by molar-refractivity contribution is 6.00. The number of nitrogens with one attached hydrogen (secondary N) is 3. The van der Waals surface area contributed by atoms with Crippen LogP contribution in [0, 0.1) is 0 Å². The number of pyridine rings is 1. The standard InChI is InChI=1S/C22H17F5N4O4/c1-28-19(32)18-17(3-2-10-29-18)34-14-7-5-13(6-8-14)30-21(33)31-15-11-12(22(25,26)27)4-9-16(15)35-20(23)24/h2-11,20H,1H3,(H,28,32)(H2,30,31,33). The van der Waals surface area contributed by atoms with E-state index in [1.165, 1.54) is 43.6 Å². The molecular formula is C22H17F5N4O4. The van der Waals surface area contributed by atoms with Gasteiger partial charge in [-0.2, -0.15) is 22.0 Å². The van der Waals surface area contributed by atoms with Gasteiger partial charge >= 0.3 is 18.8 Å². The van der Waals surface area contributed by atoms with Crippen molar-refractivity contribution in [2.75, 3.05) is 17.7 Å². The molecule has 1 heterocycles. The van der Waals surface area contributed by atoms with Crippen molar-refractivity contribution in [1.82, 2.24) is 10.3 Å². The van der Waals surface area contributed by atoms with Crippen LogP contribution in [0.1, 0.15) is 16.1 Å². The largest absolute Gasteiger partial charge is 0.455 e. The number of ether oxygens (including phenoxy) is 2. The fraction of sp³-hybridized carbons (Fsp3) is 0.136. The molecule has 0 bridgehead atoms. The van der Waals surface area contributed by atoms with Crippen LogP contribution in [0.3, 0.4) is 0 Å². The van der Waals surface area contributed by atoms with Crippen LogP contribution in [0.5, 0.6) is 17.2 Å². The molecule has 8 nitrogen and oxygen atoms in total. The summed E-state index contributed by atoms with van der Waals surface area (Å²) in [5, 5.41) is 6.85. The zero-order chi connectivity index (χ0) is 25.6. The van der Waals surface area contributed by atoms with E-state index in [-0.39, 0.29) is 17.1 Å². The normalized spacial score (nSPS) is 11.1. The highest BCUT2D eigenvalue weighted by Crippen LogP contribution is 2.35. The number of amides is 3. The van der Waals surface area contributed by atoms with Crippen molar-refractivity contribution in [2.45, 2.75) is 12.8 Å². The van der Waals surface area contributed by atoms with E-state index in [4.69, 9.17) is 4.74 Å². The Bertz CT molecular complexity index is 1200. The van der Waals surface area contributed by atoms with Crippen LogP contribution in [-0.4, -0.2) is 30.6 Å². The lowest BCUT2D eigenvalue weighted by molar-refractivity contribution is -0.137. The Morgan fingerprint density at radius 3 is 2.31 bits per heavy atom. The van der Waals surface area contributed by atoms with E-state index in [0.29, 0.717) is 23.9 Å². The van der Waals surface area contributed by atoms with Gasteiger partial charge in [-0.3, -0.25) is 4.79 Å². The van der Waals surface area contributed by atoms with Crippen molar-refractivity contribution < 1.29 is 41.0 Å². The van der Waals surface area contributed by atoms with Gasteiger partial charge in [0, 0.05) is 18.9 Å². The maximum Gasteiger partial charge on any atom is 0.416 e. The molecule has 0 spiro atoms. The third-order valence-electron chi connectivity index (χ3n) is 4.32. The minimum absolute atomic E-state index is 0.0551. The second-order valence-corrected chi connectivity index (χ2v) is 6.72. The Kier molecular flexibility index (Phi) is 7.69. The minimum atomic E-state index is -4.77. The van der Waals surface area contributed by atoms with Crippen molar-refractivity contribution in [1.29, 1.82) is 0 Å². The quantitative estimate of drug-likeness (QED) is 0.375. The molecule has 35 heavy (non-hydrogen) atoms. The molecule has 0 radical (unpaired) electrons. The molecular weight excluding hydrogens is 479 g/mol. The molecule has 0 unspecified atom stereocenters. The van der Waals surface area contributed by atoms with Crippen LogP contribution in [0.4, 0.5) is 38.1 Å². The number of benzene rings is 2. The maximum atomic E-state index is 13.0. The zero-order valence-electron chi connectivity index (χ0n) is 17.8. The van der Waals surface area contributed by atoms with Crippen LogP contribution in [0.15, 0.2) is 60.8 Å². The number of carbonyl (C=O) groups excluding carboxylic acids is 2. The number of aromatic nitrogens is 1. The van der Waals surface area contributed by atoms with Gasteiger partial charge < -0.3 is 25.4 Å². The smallest absolute Gasteiger partial charge is 0.416 e. The van der Waals surface area contributed by atoms with Crippen LogP contribution >= 0.6 is 0 Å². The number of urea groups is 1. The topological polar surface area (TPSA) is 102 Å². The van der Waals surface area contributed by atoms with E-state index < -0.39 is 41.7 Å². The van der Waals surface area contributed by atoms with E-state index in [1.54, 1.807) is 6.07 Å². The first-order valence-electron chi connectivity index (χ1n) is 9.76. The Balaban J connectivity index is 1.71. The first-order valence-corrected chi connectivity index (χ1v) is 9.76. The lowest BCUT2D eigenvalue weighted by Gasteiger charge is -2.15. The molecule has 2 aromatic carbocycles. The highest BCUT2D eigenvalue weighted by Gasteiger charge is 2.31. The molecule has 0 fully saturated rings. The summed E-state index contributed by atoms with van der Waals surface area (Å²) < 4.78 is 73.9. The van der Waals surface area contributed by atoms with E-state index in [1.807, 2.05) is 0 Å². The first kappa shape index (κ1) is 25.2. The van der Waals surface area contributed by atoms with E-state index in [9.17, 15) is 31.5 Å². The summed E-state index contributed by atoms with van der Waals surface area (Å²) in [6.07, 6.45) is -3.34. The number of carbonyl (C=O) groups is 2. The third kappa shape index (κ3) is 6.79. The average molecular weight is 496 g/mol. The number of hydrogen-bond acceptors (Lipinski definition) is 5. The number of hydrogen-bond donors (Lipinski definition) is 3. The molecule has 0 saturated carbocycles. The van der Waals surface area contributed by atoms with E-state index in [2.05, 4.69) is 25.7 Å². The summed E-state index contributed by atoms with van der Waals surface area (Å²) in [6.45, 7) is -3.31. The van der Waals surface area contributed by atoms with Gasteiger partial charge in [0.1, 0.15) is 11.5 Å². The van der Waals surface area contributed by atoms with Crippen molar-refractivity contribution in [3.8, 4) is 17.2 Å². The van der Waals surface area contributed by atoms with Crippen molar-refractivity contribution in [3.63, 3.8) is 0 Å². The Labute approximate surface area is 195 Å². The Morgan fingerprint density at radius 1 is 0.971 bits per heavy atom. The third-order valence-corrected chi connectivity index (χ3v) is 4.32. The molecule has 0 aliphatic rings. The van der Waals surface area contributed by atoms with E-state index in [0.717, 1.165) is 0 Å². The molecule has 0 saturated heterocycles. The van der Waals surface area contributed by atoms with Crippen molar-refractivity contribution in [2.24, 2.45) is 0 Å². The fourth-order valence-corrected chi connectivity index (χ4v) is 2.78. The maximum absolute atomic E-state index is 13.0. The second kappa shape index (κ2) is 10.7. The van der Waals surface area contributed by atoms with Crippen LogP contribution in [-0.2, 0) is 6.18 Å². The van der Waals surface area contributed by atoms with Gasteiger partial charge in [-0.25, -0.2) is 9.78 Å². The van der Waals surface area contributed by atoms with Crippen molar-refractivity contribution in [3.05, 3.63) is 72.1 Å². The van der Waals surface area contributed by atoms with Gasteiger partial charge in [-0.05, 0) is 54.6 Å². The molecule has 0 atom stereocenters. The summed E-state index contributed by atoms with van der Waals surface area (Å²) >= 11 is 0. The molecule has 3 rings (SSSR count). The highest BCUT2D eigenvalue weighted by atomic mass is 19.4. The molecule has 3 amide bonds. The molecule has 1 aromatic heterocycles. The Morgan fingerprint density at radius 2 is 1.69 bits per heavy atom. The van der Waals surface area contributed by atoms with Gasteiger partial charge in [0.05, 0.1) is 11.3 Å². The molecule has 3 aromatic rings. The zero-order valence-corrected chi connectivity index (χ0v) is 17.8. The molecule has 0 aliphatic heterocycles. The predicted molar refractivity (Wildman–Crippen MR) is 115 cm³/mol. The van der Waals surface area contributed by atoms with Crippen LogP contribution in [0.25, 0.3) is 0 Å². The molecule has 184 valence electrons. The predicted octanol–water partition coefficient (Wildman–Crippen LogP) is 5.50. The number of nitrogens with zero attached hydrogens (tertiary/aromatic N) is 1. The van der Waals surface area contributed by atoms with Gasteiger partial charge in [0.25, 0.3) is 5.91 Å². The number of halogens is 5. The van der Waals surface area contributed by atoms with Gasteiger partial charge in [0.15, 0.2) is 11.4 Å². The monoisotopic (exact) mass is 496 g/mol. The van der Waals surface area contributed by atoms with Gasteiger partial charge in [0.2, 0.25) is 0 Å². The summed E-state index contributed by atoms with van der Waals surface area (Å²) in [4.78, 5) is 28.1. The Hall–Kier alpha value is -4.42. The van der Waals surface area contributed by atoms with Crippen LogP contribution in [0.2, 0.25) is 0 Å². The lowest BCUT2D eigenvalue weighted by Crippen LogP contribution is -2.21. The molecule has 13 heteroatoms. The van der Waals surface area contributed by atoms with Crippen molar-refractivity contribution >= 4 is 23.3 Å². The van der Waals surface area contributed by atoms with Gasteiger partial charge in [-0.1, -0.05) is 0 Å². The van der Waals surface area contributed by atoms with E-state index >= 15 is 0 Å². The van der Waals surface area contributed by atoms with Gasteiger partial charge in [-0.15, -0.1) is 0 Å². The molecule has 3 N–H and O–H groups in total. The summed E-state index contributed by atoms with van der Waals surface area (Å²) in [6, 6.07) is 9.53. The summed E-state index contributed by atoms with van der Waals surface area (Å²) in [7, 11) is 1.44. The van der Waals surface area contributed by atoms with Crippen LogP contribution < -0.4 is 25.4 Å². The number of rotatable bonds is 7. The average Bonchev–Trinajstić information content (AvgIpc) is 2.80. The minimum Gasteiger partial charge on any atom is -0.455 e. The first-order chi connectivity index (χ1) is 16.6. The summed E-state index contributed by atoms with van der Waals surface area (Å²) in [5.41, 5.74) is -1.51. The summed E-state index contributed by atoms with van der Waals surface area (Å²) in [5.74, 6) is -0.628. The molecule has 0 aliphatic carbocycles. The number of anilines is 2. The lowest BCUT2D eigenvalue weighted by atomic mass is 10.2. The SMILES string of the molecule is CNC(=O)c1ncccc1Oc1ccc(NC(=O)Nc2cc(C(F)(F)F)ccc2OC(F)F)cc1. The number of alkyl halides is 5. The second-order valence-electron chi connectivity index (χ2n) is 6.72. The fourth-order valence-electron chi connectivity index (χ4n) is 2.78.